The van der Waals surface area contributed by atoms with Gasteiger partial charge in [-0.2, -0.15) is 0 Å². The standard InChI is InChI=1S/C52H40BN3O2/c1-51(2,3)29-24-25-44-35(26-29)47-50(58-44)53-36-18-13-21-39-48(36)55(38-20-11-16-33-31-14-7-9-19-37(31)54(39)46(33)38)41-27-30(52(4,5)6)28-42(45(41)53)56(47)40-22-12-17-34-32-15-8-10-23-43(32)57-49(34)40/h7-28H,1-6H3/i7D,8D,9D,10D,11D,12D,13D,14D,15D,16D,17D,18D,19D,20D,21D,22D,23D,24D,25D,26D,27D,28D. The summed E-state index contributed by atoms with van der Waals surface area (Å²) in [6, 6.07) is -13.8. The van der Waals surface area contributed by atoms with Crippen LogP contribution in [-0.4, -0.2) is 11.3 Å². The second-order valence-corrected chi connectivity index (χ2v) is 16.8. The molecule has 0 spiro atoms. The Balaban J connectivity index is 1.36. The van der Waals surface area contributed by atoms with Crippen molar-refractivity contribution in [1.82, 2.24) is 4.57 Å². The zero-order valence-corrected chi connectivity index (χ0v) is 31.7. The Morgan fingerprint density at radius 1 is 0.500 bits per heavy atom. The number of benzene rings is 7. The smallest absolute Gasteiger partial charge is 0.297 e. The molecular weight excluding hydrogens is 709 g/mol. The zero-order valence-electron chi connectivity index (χ0n) is 53.7. The van der Waals surface area contributed by atoms with Crippen LogP contribution in [0.15, 0.2) is 142 Å². The number of nitrogens with zero attached hydrogens (tertiary/aromatic N) is 3. The molecule has 0 N–H and O–H groups in total. The second kappa shape index (κ2) is 10.6. The fourth-order valence-electron chi connectivity index (χ4n) is 8.72. The minimum atomic E-state index is -1.65. The number of aromatic nitrogens is 1. The van der Waals surface area contributed by atoms with Gasteiger partial charge in [-0.25, -0.2) is 0 Å². The van der Waals surface area contributed by atoms with Crippen LogP contribution >= 0.6 is 0 Å². The van der Waals surface area contributed by atoms with Gasteiger partial charge in [-0.1, -0.05) is 120 Å². The molecule has 278 valence electrons. The highest BCUT2D eigenvalue weighted by molar-refractivity contribution is 7.00. The van der Waals surface area contributed by atoms with Crippen LogP contribution in [-0.2, 0) is 10.8 Å². The van der Waals surface area contributed by atoms with Crippen molar-refractivity contribution in [3.8, 4) is 5.69 Å². The summed E-state index contributed by atoms with van der Waals surface area (Å²) in [5.41, 5.74) is -6.62. The van der Waals surface area contributed by atoms with E-state index < -0.39 is 161 Å². The second-order valence-electron chi connectivity index (χ2n) is 16.8. The van der Waals surface area contributed by atoms with Gasteiger partial charge in [0.05, 0.1) is 75.3 Å². The Labute approximate surface area is 367 Å². The maximum Gasteiger partial charge on any atom is 0.297 e. The minimum Gasteiger partial charge on any atom is -0.468 e. The van der Waals surface area contributed by atoms with Crippen LogP contribution in [0.3, 0.4) is 0 Å². The van der Waals surface area contributed by atoms with Crippen molar-refractivity contribution in [3.63, 3.8) is 0 Å². The Morgan fingerprint density at radius 3 is 1.93 bits per heavy atom. The summed E-state index contributed by atoms with van der Waals surface area (Å²) in [6.45, 7) is 8.62. The minimum absolute atomic E-state index is 0.0338. The highest BCUT2D eigenvalue weighted by Crippen LogP contribution is 2.54. The van der Waals surface area contributed by atoms with E-state index in [-0.39, 0.29) is 111 Å². The molecule has 0 saturated carbocycles. The van der Waals surface area contributed by atoms with Crippen LogP contribution < -0.4 is 26.4 Å². The largest absolute Gasteiger partial charge is 0.468 e. The molecule has 3 aliphatic rings. The van der Waals surface area contributed by atoms with E-state index in [0.29, 0.717) is 0 Å². The van der Waals surface area contributed by atoms with Gasteiger partial charge in [0.1, 0.15) is 11.2 Å². The average Bonchev–Trinajstić information content (AvgIpc) is 3.82. The lowest BCUT2D eigenvalue weighted by Crippen LogP contribution is -2.61. The van der Waals surface area contributed by atoms with Gasteiger partial charge in [0.2, 0.25) is 0 Å². The Morgan fingerprint density at radius 2 is 1.14 bits per heavy atom. The highest BCUT2D eigenvalue weighted by Gasteiger charge is 2.49. The van der Waals surface area contributed by atoms with E-state index in [0.717, 1.165) is 0 Å². The molecule has 0 fully saturated rings. The molecule has 13 rings (SSSR count). The average molecular weight is 772 g/mol. The van der Waals surface area contributed by atoms with Crippen molar-refractivity contribution in [3.05, 3.63) is 144 Å². The van der Waals surface area contributed by atoms with Gasteiger partial charge < -0.3 is 23.2 Å². The molecule has 6 heteroatoms. The first kappa shape index (κ1) is 17.9. The van der Waals surface area contributed by atoms with Crippen LogP contribution in [0.2, 0.25) is 0 Å². The van der Waals surface area contributed by atoms with E-state index in [1.807, 2.05) is 0 Å². The summed E-state index contributed by atoms with van der Waals surface area (Å²) in [5.74, 6) is 0. The van der Waals surface area contributed by atoms with Gasteiger partial charge >= 0.3 is 0 Å². The van der Waals surface area contributed by atoms with Gasteiger partial charge in [-0.05, 0) is 87.3 Å². The Kier molecular flexibility index (Phi) is 3.28. The molecule has 0 bridgehead atoms. The maximum absolute atomic E-state index is 10.6. The molecule has 58 heavy (non-hydrogen) atoms. The molecule has 3 aromatic heterocycles. The van der Waals surface area contributed by atoms with Gasteiger partial charge in [0, 0.05) is 38.3 Å². The maximum atomic E-state index is 10.6. The van der Waals surface area contributed by atoms with Crippen molar-refractivity contribution in [2.75, 3.05) is 9.80 Å². The zero-order chi connectivity index (χ0) is 58.1. The molecule has 0 aliphatic carbocycles. The lowest BCUT2D eigenvalue weighted by Gasteiger charge is -2.45. The van der Waals surface area contributed by atoms with Crippen LogP contribution in [0.1, 0.15) is 82.8 Å². The van der Waals surface area contributed by atoms with Crippen LogP contribution in [0.4, 0.5) is 34.1 Å². The van der Waals surface area contributed by atoms with Crippen LogP contribution in [0.25, 0.3) is 60.4 Å². The fraction of sp³-hybridized carbons (Fsp3) is 0.154. The quantitative estimate of drug-likeness (QED) is 0.156. The first-order valence-electron chi connectivity index (χ1n) is 29.7. The first-order chi connectivity index (χ1) is 37.2. The molecule has 0 saturated heterocycles. The lowest BCUT2D eigenvalue weighted by atomic mass is 9.35. The van der Waals surface area contributed by atoms with Crippen LogP contribution in [0, 0.1) is 0 Å². The molecule has 0 amide bonds. The van der Waals surface area contributed by atoms with Crippen molar-refractivity contribution in [2.24, 2.45) is 0 Å². The van der Waals surface area contributed by atoms with E-state index in [4.69, 9.17) is 17.1 Å². The summed E-state index contributed by atoms with van der Waals surface area (Å²) < 4.78 is 223. The number of para-hydroxylation sites is 5. The summed E-state index contributed by atoms with van der Waals surface area (Å²) >= 11 is 0. The van der Waals surface area contributed by atoms with E-state index in [1.54, 1.807) is 41.5 Å². The molecule has 3 aliphatic heterocycles. The summed E-state index contributed by atoms with van der Waals surface area (Å²) in [6.07, 6.45) is 0. The molecule has 0 radical (unpaired) electrons. The van der Waals surface area contributed by atoms with Crippen molar-refractivity contribution in [1.29, 1.82) is 0 Å². The topological polar surface area (TPSA) is 37.7 Å². The van der Waals surface area contributed by atoms with Crippen molar-refractivity contribution in [2.45, 2.75) is 52.4 Å². The summed E-state index contributed by atoms with van der Waals surface area (Å²) in [7, 11) is 0. The Bertz CT molecular complexity index is 4740. The van der Waals surface area contributed by atoms with Crippen molar-refractivity contribution >= 4 is 112 Å². The predicted octanol–water partition coefficient (Wildman–Crippen LogP) is 12.4. The molecule has 7 aromatic carbocycles. The summed E-state index contributed by atoms with van der Waals surface area (Å²) in [4.78, 5) is 2.55. The molecule has 6 heterocycles. The number of hydrogen-bond acceptors (Lipinski definition) is 4. The van der Waals surface area contributed by atoms with Crippen molar-refractivity contribution < 1.29 is 39.0 Å². The molecule has 5 nitrogen and oxygen atoms in total. The SMILES string of the molecule is [2H]c1c([2H])c2c3c(c1[2H])-n1c4c([2H])c([2H])c([2H])c([2H])c4c4c([2H])c([2H])c([2H])c(c41)N3c1c([2H])c(C(C)(C)C)c([2H])c3c1B2c1oc2c([2H])c([2H])c(C(C)(C)C)c([2H])c2c1N3c1c([2H])c([2H])c([2H])c2c1oc1c([2H])c([2H])c([2H])c([2H])c12. The first-order valence-corrected chi connectivity index (χ1v) is 18.7. The van der Waals surface area contributed by atoms with Gasteiger partial charge in [-0.3, -0.25) is 0 Å². The van der Waals surface area contributed by atoms with E-state index in [1.165, 1.54) is 14.4 Å². The molecular formula is C52H40BN3O2. The number of fused-ring (bicyclic) bond motifs is 14. The third-order valence-electron chi connectivity index (χ3n) is 11.3. The van der Waals surface area contributed by atoms with Crippen LogP contribution in [0.5, 0.6) is 0 Å². The van der Waals surface area contributed by atoms with Gasteiger partial charge in [0.15, 0.2) is 5.58 Å². The van der Waals surface area contributed by atoms with E-state index >= 15 is 0 Å². The highest BCUT2D eigenvalue weighted by atomic mass is 16.3. The third-order valence-corrected chi connectivity index (χ3v) is 11.3. The molecule has 0 unspecified atom stereocenters. The van der Waals surface area contributed by atoms with Gasteiger partial charge in [0.25, 0.3) is 6.71 Å². The number of anilines is 6. The number of rotatable bonds is 1. The Hall–Kier alpha value is -6.66. The third kappa shape index (κ3) is 3.97. The van der Waals surface area contributed by atoms with E-state index in [2.05, 4.69) is 0 Å². The summed E-state index contributed by atoms with van der Waals surface area (Å²) in [5, 5.41) is -1.35. The van der Waals surface area contributed by atoms with Gasteiger partial charge in [-0.15, -0.1) is 0 Å². The molecule has 10 aromatic rings. The normalized spacial score (nSPS) is 19.6. The molecule has 0 atom stereocenters. The number of furan rings is 2. The number of hydrogen-bond donors (Lipinski definition) is 0. The lowest BCUT2D eigenvalue weighted by molar-refractivity contribution is 0.590. The van der Waals surface area contributed by atoms with E-state index in [9.17, 15) is 21.9 Å². The monoisotopic (exact) mass is 771 g/mol. The fourth-order valence-corrected chi connectivity index (χ4v) is 8.72. The predicted molar refractivity (Wildman–Crippen MR) is 243 cm³/mol.